The van der Waals surface area contributed by atoms with Crippen molar-refractivity contribution in [2.24, 2.45) is 0 Å². The van der Waals surface area contributed by atoms with E-state index >= 15 is 0 Å². The first kappa shape index (κ1) is 25.4. The Morgan fingerprint density at radius 1 is 1.15 bits per heavy atom. The summed E-state index contributed by atoms with van der Waals surface area (Å²) in [6.45, 7) is 4.02. The lowest BCUT2D eigenvalue weighted by atomic mass is 10.1. The number of benzene rings is 2. The number of H-pyrrole nitrogens is 1. The van der Waals surface area contributed by atoms with Crippen LogP contribution in [-0.2, 0) is 22.4 Å². The molecule has 2 N–H and O–H groups in total. The molecule has 0 spiro atoms. The number of aromatic amines is 1. The van der Waals surface area contributed by atoms with Crippen LogP contribution in [0.3, 0.4) is 0 Å². The predicted molar refractivity (Wildman–Crippen MR) is 156 cm³/mol. The van der Waals surface area contributed by atoms with Gasteiger partial charge in [0.05, 0.1) is 23.6 Å². The zero-order chi connectivity index (χ0) is 27.1. The maximum Gasteiger partial charge on any atom is 0.341 e. The molecule has 0 fully saturated rings. The number of carbonyl (C=O) groups is 2. The molecule has 1 aliphatic carbocycles. The molecule has 0 saturated heterocycles. The molecule has 0 bridgehead atoms. The van der Waals surface area contributed by atoms with Crippen molar-refractivity contribution in [3.8, 4) is 5.69 Å². The molecule has 3 aromatic heterocycles. The zero-order valence-corrected chi connectivity index (χ0v) is 23.1. The second kappa shape index (κ2) is 10.3. The maximum atomic E-state index is 13.7. The highest BCUT2D eigenvalue weighted by atomic mass is 32.2. The molecule has 5 aromatic rings. The van der Waals surface area contributed by atoms with Crippen molar-refractivity contribution in [3.05, 3.63) is 80.5 Å². The number of carbonyl (C=O) groups excluding carboxylic acids is 2. The first-order valence-electron chi connectivity index (χ1n) is 12.8. The Labute approximate surface area is 232 Å². The van der Waals surface area contributed by atoms with Crippen LogP contribution in [-0.4, -0.2) is 38.8 Å². The van der Waals surface area contributed by atoms with Gasteiger partial charge in [0.1, 0.15) is 16.0 Å². The third-order valence-electron chi connectivity index (χ3n) is 6.77. The number of hydrogen-bond donors (Lipinski definition) is 2. The summed E-state index contributed by atoms with van der Waals surface area (Å²) in [4.78, 5) is 48.8. The number of hydrogen-bond acceptors (Lipinski definition) is 7. The molecule has 0 unspecified atom stereocenters. The zero-order valence-electron chi connectivity index (χ0n) is 21.5. The van der Waals surface area contributed by atoms with E-state index in [1.54, 1.807) is 11.5 Å². The van der Waals surface area contributed by atoms with Gasteiger partial charge in [0, 0.05) is 15.8 Å². The van der Waals surface area contributed by atoms with Crippen LogP contribution in [0.25, 0.3) is 27.6 Å². The summed E-state index contributed by atoms with van der Waals surface area (Å²) >= 11 is 2.63. The van der Waals surface area contributed by atoms with Crippen molar-refractivity contribution >= 4 is 61.9 Å². The number of esters is 1. The number of rotatable bonds is 7. The van der Waals surface area contributed by atoms with E-state index in [0.717, 1.165) is 46.2 Å². The fourth-order valence-corrected chi connectivity index (χ4v) is 7.06. The monoisotopic (exact) mass is 558 g/mol. The van der Waals surface area contributed by atoms with Gasteiger partial charge in [-0.05, 0) is 56.9 Å². The van der Waals surface area contributed by atoms with Crippen LogP contribution in [0.4, 0.5) is 5.00 Å². The average molecular weight is 559 g/mol. The highest BCUT2D eigenvalue weighted by Crippen LogP contribution is 2.39. The van der Waals surface area contributed by atoms with Crippen molar-refractivity contribution in [1.82, 2.24) is 14.5 Å². The van der Waals surface area contributed by atoms with Gasteiger partial charge in [0.15, 0.2) is 5.16 Å². The molecule has 39 heavy (non-hydrogen) atoms. The van der Waals surface area contributed by atoms with Crippen LogP contribution in [0.15, 0.2) is 58.5 Å². The van der Waals surface area contributed by atoms with Gasteiger partial charge in [-0.25, -0.2) is 9.78 Å². The number of fused-ring (bicyclic) bond motifs is 4. The number of thiophene rings is 1. The third kappa shape index (κ3) is 4.63. The Morgan fingerprint density at radius 3 is 2.74 bits per heavy atom. The number of para-hydroxylation sites is 1. The van der Waals surface area contributed by atoms with Gasteiger partial charge in [-0.3, -0.25) is 14.2 Å². The van der Waals surface area contributed by atoms with Gasteiger partial charge in [-0.15, -0.1) is 11.3 Å². The fraction of sp³-hybridized carbons (Fsp3) is 0.241. The summed E-state index contributed by atoms with van der Waals surface area (Å²) in [7, 11) is 0. The van der Waals surface area contributed by atoms with Gasteiger partial charge in [0.2, 0.25) is 5.91 Å². The van der Waals surface area contributed by atoms with E-state index in [1.807, 2.05) is 55.5 Å². The predicted octanol–water partition coefficient (Wildman–Crippen LogP) is 5.63. The molecule has 3 heterocycles. The average Bonchev–Trinajstić information content (AvgIpc) is 3.61. The summed E-state index contributed by atoms with van der Waals surface area (Å²) in [6.07, 6.45) is 2.70. The maximum absolute atomic E-state index is 13.7. The molecule has 1 aliphatic rings. The first-order chi connectivity index (χ1) is 18.9. The summed E-state index contributed by atoms with van der Waals surface area (Å²) in [5.74, 6) is -0.675. The second-order valence-electron chi connectivity index (χ2n) is 9.38. The highest BCUT2D eigenvalue weighted by Gasteiger charge is 2.28. The lowest BCUT2D eigenvalue weighted by Gasteiger charge is -2.13. The summed E-state index contributed by atoms with van der Waals surface area (Å²) in [6, 6.07) is 15.3. The molecule has 6 rings (SSSR count). The number of thioether (sulfide) groups is 1. The number of aryl methyl sites for hydroxylation is 2. The van der Waals surface area contributed by atoms with Crippen molar-refractivity contribution in [3.63, 3.8) is 0 Å². The number of ether oxygens (including phenoxy) is 1. The lowest BCUT2D eigenvalue weighted by molar-refractivity contribution is -0.113. The molecule has 0 saturated carbocycles. The van der Waals surface area contributed by atoms with Crippen molar-refractivity contribution in [1.29, 1.82) is 0 Å². The molecule has 8 nitrogen and oxygen atoms in total. The Balaban J connectivity index is 1.34. The Hall–Kier alpha value is -3.89. The second-order valence-corrected chi connectivity index (χ2v) is 11.4. The molecule has 0 aliphatic heterocycles. The summed E-state index contributed by atoms with van der Waals surface area (Å²) in [5.41, 5.74) is 4.77. The van der Waals surface area contributed by atoms with Gasteiger partial charge >= 0.3 is 5.97 Å². The number of nitrogens with one attached hydrogen (secondary N) is 2. The number of nitrogens with zero attached hydrogens (tertiary/aromatic N) is 2. The minimum absolute atomic E-state index is 0.0109. The molecule has 2 aromatic carbocycles. The smallest absolute Gasteiger partial charge is 0.341 e. The Kier molecular flexibility index (Phi) is 6.74. The number of aromatic nitrogens is 3. The SMILES string of the molecule is CCOC(=O)c1c(NC(=O)CSc2nc3c([nH]c4ccccc43)c(=O)n2-c2ccc(C)cc2)sc2c1CCC2. The van der Waals surface area contributed by atoms with Crippen molar-refractivity contribution < 1.29 is 14.3 Å². The van der Waals surface area contributed by atoms with E-state index < -0.39 is 5.97 Å². The van der Waals surface area contributed by atoms with E-state index in [-0.39, 0.29) is 23.8 Å². The van der Waals surface area contributed by atoms with Gasteiger partial charge < -0.3 is 15.0 Å². The summed E-state index contributed by atoms with van der Waals surface area (Å²) in [5, 5.41) is 4.72. The lowest BCUT2D eigenvalue weighted by Crippen LogP contribution is -2.23. The van der Waals surface area contributed by atoms with Gasteiger partial charge in [0.25, 0.3) is 5.56 Å². The van der Waals surface area contributed by atoms with E-state index in [4.69, 9.17) is 9.72 Å². The fourth-order valence-electron chi connectivity index (χ4n) is 4.97. The Bertz CT molecular complexity index is 1800. The quantitative estimate of drug-likeness (QED) is 0.152. The van der Waals surface area contributed by atoms with Crippen LogP contribution in [0.2, 0.25) is 0 Å². The van der Waals surface area contributed by atoms with Gasteiger partial charge in [-0.1, -0.05) is 47.7 Å². The van der Waals surface area contributed by atoms with Crippen LogP contribution in [0, 0.1) is 6.92 Å². The van der Waals surface area contributed by atoms with Crippen LogP contribution >= 0.6 is 23.1 Å². The molecule has 198 valence electrons. The van der Waals surface area contributed by atoms with Gasteiger partial charge in [-0.2, -0.15) is 0 Å². The summed E-state index contributed by atoms with van der Waals surface area (Å²) < 4.78 is 6.82. The normalized spacial score (nSPS) is 12.7. The van der Waals surface area contributed by atoms with Crippen molar-refractivity contribution in [2.45, 2.75) is 38.3 Å². The minimum Gasteiger partial charge on any atom is -0.462 e. The Morgan fingerprint density at radius 2 is 1.95 bits per heavy atom. The minimum atomic E-state index is -0.403. The van der Waals surface area contributed by atoms with Crippen LogP contribution in [0.1, 0.15) is 39.7 Å². The van der Waals surface area contributed by atoms with E-state index in [9.17, 15) is 14.4 Å². The third-order valence-corrected chi connectivity index (χ3v) is 8.92. The molecular formula is C29H26N4O4S2. The molecule has 1 amide bonds. The highest BCUT2D eigenvalue weighted by molar-refractivity contribution is 7.99. The van der Waals surface area contributed by atoms with Crippen LogP contribution < -0.4 is 10.9 Å². The molecular weight excluding hydrogens is 532 g/mol. The van der Waals surface area contributed by atoms with E-state index in [1.165, 1.54) is 23.1 Å². The topological polar surface area (TPSA) is 106 Å². The first-order valence-corrected chi connectivity index (χ1v) is 14.6. The largest absolute Gasteiger partial charge is 0.462 e. The standard InChI is InChI=1S/C29H26N4O4S2/c1-3-37-28(36)23-19-8-6-10-21(19)39-26(23)31-22(34)15-38-29-32-24-18-7-4-5-9-20(18)30-25(24)27(35)33(29)17-13-11-16(2)12-14-17/h4-5,7,9,11-14,30H,3,6,8,10,15H2,1-2H3,(H,31,34). The van der Waals surface area contributed by atoms with E-state index in [2.05, 4.69) is 10.3 Å². The molecule has 10 heteroatoms. The van der Waals surface area contributed by atoms with E-state index in [0.29, 0.717) is 32.4 Å². The van der Waals surface area contributed by atoms with Crippen LogP contribution in [0.5, 0.6) is 0 Å². The molecule has 0 atom stereocenters. The number of amides is 1. The molecule has 0 radical (unpaired) electrons. The number of anilines is 1. The van der Waals surface area contributed by atoms with Crippen molar-refractivity contribution in [2.75, 3.05) is 17.7 Å².